The first-order valence-corrected chi connectivity index (χ1v) is 7.13. The Bertz CT molecular complexity index is 627. The van der Waals surface area contributed by atoms with E-state index < -0.39 is 0 Å². The van der Waals surface area contributed by atoms with Crippen LogP contribution < -0.4 is 14.8 Å². The SMILES string of the molecule is COc1cc(CNC(C)c2cn(C)nc2C)cc(OC)c1O. The van der Waals surface area contributed by atoms with E-state index in [1.54, 1.807) is 12.1 Å². The number of ether oxygens (including phenoxy) is 2. The summed E-state index contributed by atoms with van der Waals surface area (Å²) in [6, 6.07) is 3.76. The van der Waals surface area contributed by atoms with Gasteiger partial charge in [0.2, 0.25) is 5.75 Å². The van der Waals surface area contributed by atoms with Gasteiger partial charge in [-0.2, -0.15) is 5.10 Å². The Labute approximate surface area is 130 Å². The summed E-state index contributed by atoms with van der Waals surface area (Å²) in [5, 5.41) is 17.7. The fourth-order valence-corrected chi connectivity index (χ4v) is 2.47. The average molecular weight is 305 g/mol. The normalized spacial score (nSPS) is 12.2. The average Bonchev–Trinajstić information content (AvgIpc) is 2.84. The van der Waals surface area contributed by atoms with Gasteiger partial charge in [0.1, 0.15) is 0 Å². The number of benzene rings is 1. The molecule has 0 aliphatic rings. The van der Waals surface area contributed by atoms with Crippen LogP contribution in [-0.4, -0.2) is 29.1 Å². The molecule has 1 aromatic carbocycles. The minimum Gasteiger partial charge on any atom is -0.502 e. The molecule has 120 valence electrons. The zero-order valence-corrected chi connectivity index (χ0v) is 13.7. The lowest BCUT2D eigenvalue weighted by Crippen LogP contribution is -2.18. The lowest BCUT2D eigenvalue weighted by molar-refractivity contribution is 0.339. The van der Waals surface area contributed by atoms with Crippen molar-refractivity contribution in [2.45, 2.75) is 26.4 Å². The molecule has 6 nitrogen and oxygen atoms in total. The van der Waals surface area contributed by atoms with E-state index in [4.69, 9.17) is 9.47 Å². The maximum Gasteiger partial charge on any atom is 0.200 e. The molecule has 1 heterocycles. The molecule has 0 amide bonds. The van der Waals surface area contributed by atoms with E-state index in [1.165, 1.54) is 19.8 Å². The van der Waals surface area contributed by atoms with Crippen molar-refractivity contribution in [1.82, 2.24) is 15.1 Å². The van der Waals surface area contributed by atoms with Gasteiger partial charge in [-0.25, -0.2) is 0 Å². The van der Waals surface area contributed by atoms with Gasteiger partial charge >= 0.3 is 0 Å². The summed E-state index contributed by atoms with van der Waals surface area (Å²) in [5.41, 5.74) is 3.16. The van der Waals surface area contributed by atoms with Crippen LogP contribution in [0.2, 0.25) is 0 Å². The van der Waals surface area contributed by atoms with Crippen LogP contribution in [0.5, 0.6) is 17.2 Å². The Morgan fingerprint density at radius 3 is 2.32 bits per heavy atom. The maximum atomic E-state index is 9.93. The zero-order chi connectivity index (χ0) is 16.3. The van der Waals surface area contributed by atoms with Crippen molar-refractivity contribution < 1.29 is 14.6 Å². The number of phenolic OH excluding ortho intramolecular Hbond substituents is 1. The van der Waals surface area contributed by atoms with Crippen molar-refractivity contribution in [3.63, 3.8) is 0 Å². The smallest absolute Gasteiger partial charge is 0.200 e. The standard InChI is InChI=1S/C16H23N3O3/c1-10(13-9-19(3)18-11(13)2)17-8-12-6-14(21-4)16(20)15(7-12)22-5/h6-7,9-10,17,20H,8H2,1-5H3. The molecule has 0 fully saturated rings. The Hall–Kier alpha value is -2.21. The van der Waals surface area contributed by atoms with Gasteiger partial charge in [0, 0.05) is 31.4 Å². The summed E-state index contributed by atoms with van der Waals surface area (Å²) >= 11 is 0. The molecular weight excluding hydrogens is 282 g/mol. The van der Waals surface area contributed by atoms with Crippen molar-refractivity contribution in [1.29, 1.82) is 0 Å². The van der Waals surface area contributed by atoms with Gasteiger partial charge in [0.15, 0.2) is 11.5 Å². The monoisotopic (exact) mass is 305 g/mol. The summed E-state index contributed by atoms with van der Waals surface area (Å²) in [6.07, 6.45) is 2.02. The van der Waals surface area contributed by atoms with Crippen LogP contribution in [0.25, 0.3) is 0 Å². The molecule has 1 atom stereocenters. The van der Waals surface area contributed by atoms with Gasteiger partial charge in [0.05, 0.1) is 19.9 Å². The predicted octanol–water partition coefficient (Wildman–Crippen LogP) is 2.30. The molecule has 0 radical (unpaired) electrons. The van der Waals surface area contributed by atoms with Crippen LogP contribution in [0.15, 0.2) is 18.3 Å². The third-order valence-electron chi connectivity index (χ3n) is 3.67. The Morgan fingerprint density at radius 2 is 1.86 bits per heavy atom. The van der Waals surface area contributed by atoms with Crippen LogP contribution in [-0.2, 0) is 13.6 Å². The molecule has 0 aliphatic carbocycles. The molecule has 0 spiro atoms. The fourth-order valence-electron chi connectivity index (χ4n) is 2.47. The lowest BCUT2D eigenvalue weighted by atomic mass is 10.1. The molecule has 6 heteroatoms. The second-order valence-electron chi connectivity index (χ2n) is 5.30. The van der Waals surface area contributed by atoms with Gasteiger partial charge in [0.25, 0.3) is 0 Å². The van der Waals surface area contributed by atoms with Crippen molar-refractivity contribution in [2.75, 3.05) is 14.2 Å². The third-order valence-corrected chi connectivity index (χ3v) is 3.67. The van der Waals surface area contributed by atoms with Crippen LogP contribution in [0.1, 0.15) is 29.8 Å². The Balaban J connectivity index is 2.12. The van der Waals surface area contributed by atoms with Crippen LogP contribution in [0.3, 0.4) is 0 Å². The van der Waals surface area contributed by atoms with E-state index in [1.807, 2.05) is 24.9 Å². The first kappa shape index (κ1) is 16.2. The van der Waals surface area contributed by atoms with Crippen molar-refractivity contribution >= 4 is 0 Å². The largest absolute Gasteiger partial charge is 0.502 e. The summed E-state index contributed by atoms with van der Waals surface area (Å²) in [4.78, 5) is 0. The molecular formula is C16H23N3O3. The number of aromatic nitrogens is 2. The number of phenols is 1. The molecule has 2 rings (SSSR count). The fraction of sp³-hybridized carbons (Fsp3) is 0.438. The molecule has 2 aromatic rings. The third kappa shape index (κ3) is 3.33. The van der Waals surface area contributed by atoms with E-state index in [9.17, 15) is 5.11 Å². The van der Waals surface area contributed by atoms with E-state index in [0.29, 0.717) is 18.0 Å². The van der Waals surface area contributed by atoms with Crippen molar-refractivity contribution in [3.8, 4) is 17.2 Å². The summed E-state index contributed by atoms with van der Waals surface area (Å²) in [5.74, 6) is 0.827. The van der Waals surface area contributed by atoms with Crippen LogP contribution >= 0.6 is 0 Å². The minimum absolute atomic E-state index is 0.0184. The van der Waals surface area contributed by atoms with Crippen molar-refractivity contribution in [2.24, 2.45) is 7.05 Å². The first-order chi connectivity index (χ1) is 10.5. The molecule has 0 bridgehead atoms. The van der Waals surface area contributed by atoms with Crippen LogP contribution in [0, 0.1) is 6.92 Å². The van der Waals surface area contributed by atoms with E-state index >= 15 is 0 Å². The number of hydrogen-bond acceptors (Lipinski definition) is 5. The Morgan fingerprint density at radius 1 is 1.27 bits per heavy atom. The second-order valence-corrected chi connectivity index (χ2v) is 5.30. The number of nitrogens with zero attached hydrogens (tertiary/aromatic N) is 2. The van der Waals surface area contributed by atoms with E-state index in [0.717, 1.165) is 11.3 Å². The molecule has 1 unspecified atom stereocenters. The molecule has 0 saturated carbocycles. The maximum absolute atomic E-state index is 9.93. The Kier molecular flexibility index (Phi) is 4.92. The number of aryl methyl sites for hydroxylation is 2. The summed E-state index contributed by atoms with van der Waals surface area (Å²) < 4.78 is 12.2. The highest BCUT2D eigenvalue weighted by Gasteiger charge is 2.14. The van der Waals surface area contributed by atoms with Gasteiger partial charge in [-0.1, -0.05) is 0 Å². The predicted molar refractivity (Wildman–Crippen MR) is 84.4 cm³/mol. The summed E-state index contributed by atoms with van der Waals surface area (Å²) in [7, 11) is 4.96. The van der Waals surface area contributed by atoms with E-state index in [2.05, 4.69) is 17.3 Å². The van der Waals surface area contributed by atoms with Gasteiger partial charge in [-0.15, -0.1) is 0 Å². The second kappa shape index (κ2) is 6.70. The number of methoxy groups -OCH3 is 2. The first-order valence-electron chi connectivity index (χ1n) is 7.13. The highest BCUT2D eigenvalue weighted by Crippen LogP contribution is 2.37. The highest BCUT2D eigenvalue weighted by molar-refractivity contribution is 5.52. The van der Waals surface area contributed by atoms with E-state index in [-0.39, 0.29) is 11.8 Å². The highest BCUT2D eigenvalue weighted by atomic mass is 16.5. The topological polar surface area (TPSA) is 68.5 Å². The number of hydrogen-bond donors (Lipinski definition) is 2. The molecule has 22 heavy (non-hydrogen) atoms. The van der Waals surface area contributed by atoms with Gasteiger partial charge in [-0.05, 0) is 31.5 Å². The van der Waals surface area contributed by atoms with Gasteiger partial charge in [-0.3, -0.25) is 4.68 Å². The van der Waals surface area contributed by atoms with Crippen LogP contribution in [0.4, 0.5) is 0 Å². The molecule has 2 N–H and O–H groups in total. The number of rotatable bonds is 6. The molecule has 0 aliphatic heterocycles. The minimum atomic E-state index is 0.0184. The molecule has 1 aromatic heterocycles. The zero-order valence-electron chi connectivity index (χ0n) is 13.7. The van der Waals surface area contributed by atoms with Crippen molar-refractivity contribution in [3.05, 3.63) is 35.2 Å². The quantitative estimate of drug-likeness (QED) is 0.857. The number of nitrogens with one attached hydrogen (secondary N) is 1. The number of aromatic hydroxyl groups is 1. The van der Waals surface area contributed by atoms with Gasteiger partial charge < -0.3 is 19.9 Å². The lowest BCUT2D eigenvalue weighted by Gasteiger charge is -2.15. The summed E-state index contributed by atoms with van der Waals surface area (Å²) in [6.45, 7) is 4.72. The molecule has 0 saturated heterocycles.